The quantitative estimate of drug-likeness (QED) is 0.435. The molecule has 3 heterocycles. The summed E-state index contributed by atoms with van der Waals surface area (Å²) in [7, 11) is 3.23. The summed E-state index contributed by atoms with van der Waals surface area (Å²) in [6, 6.07) is 8.12. The monoisotopic (exact) mass is 417 g/mol. The van der Waals surface area contributed by atoms with Crippen LogP contribution in [-0.2, 0) is 6.42 Å². The van der Waals surface area contributed by atoms with Crippen LogP contribution in [0.15, 0.2) is 42.9 Å². The van der Waals surface area contributed by atoms with Crippen molar-refractivity contribution >= 4 is 27.5 Å². The van der Waals surface area contributed by atoms with E-state index in [0.717, 1.165) is 57.8 Å². The smallest absolute Gasteiger partial charge is 0.162 e. The standard InChI is InChI=1S/C24H27N5O2/c1-4-16(25)6-5-14-7-15(12-27-11-14)20-8-17-18-9-22(30-2)23(31-3)10-21(18)28-13-19(17)24(26)29-20/h7-13,16H,4-6,25H2,1-3H3,(H2,26,29)/t16-/m1/s1. The number of hydrogen-bond donors (Lipinski definition) is 2. The minimum absolute atomic E-state index is 0.198. The molecule has 0 aliphatic rings. The second kappa shape index (κ2) is 8.73. The molecule has 4 aromatic rings. The van der Waals surface area contributed by atoms with Gasteiger partial charge < -0.3 is 20.9 Å². The van der Waals surface area contributed by atoms with Crippen molar-refractivity contribution in [2.75, 3.05) is 20.0 Å². The molecule has 0 saturated carbocycles. The molecule has 1 atom stereocenters. The number of ether oxygens (including phenoxy) is 2. The molecule has 0 amide bonds. The number of aromatic nitrogens is 3. The summed E-state index contributed by atoms with van der Waals surface area (Å²) in [5.41, 5.74) is 16.0. The van der Waals surface area contributed by atoms with Crippen LogP contribution in [-0.4, -0.2) is 35.2 Å². The van der Waals surface area contributed by atoms with Gasteiger partial charge in [-0.15, -0.1) is 0 Å². The van der Waals surface area contributed by atoms with E-state index in [0.29, 0.717) is 17.3 Å². The Bertz CT molecular complexity index is 1240. The molecule has 0 saturated heterocycles. The molecular formula is C24H27N5O2. The van der Waals surface area contributed by atoms with Crippen molar-refractivity contribution in [3.05, 3.63) is 48.4 Å². The van der Waals surface area contributed by atoms with E-state index in [4.69, 9.17) is 20.9 Å². The van der Waals surface area contributed by atoms with Gasteiger partial charge in [-0.1, -0.05) is 6.92 Å². The number of nitrogens with two attached hydrogens (primary N) is 2. The molecule has 7 nitrogen and oxygen atoms in total. The maximum Gasteiger partial charge on any atom is 0.162 e. The van der Waals surface area contributed by atoms with E-state index in [-0.39, 0.29) is 6.04 Å². The first-order valence-corrected chi connectivity index (χ1v) is 10.3. The first-order valence-electron chi connectivity index (χ1n) is 10.3. The van der Waals surface area contributed by atoms with Crippen LogP contribution in [0.5, 0.6) is 11.5 Å². The minimum Gasteiger partial charge on any atom is -0.493 e. The average Bonchev–Trinajstić information content (AvgIpc) is 2.81. The van der Waals surface area contributed by atoms with Crippen LogP contribution in [0, 0.1) is 0 Å². The van der Waals surface area contributed by atoms with Crippen LogP contribution in [0.2, 0.25) is 0 Å². The lowest BCUT2D eigenvalue weighted by atomic mass is 10.0. The number of anilines is 1. The van der Waals surface area contributed by atoms with Crippen LogP contribution >= 0.6 is 0 Å². The summed E-state index contributed by atoms with van der Waals surface area (Å²) in [4.78, 5) is 13.6. The van der Waals surface area contributed by atoms with Crippen LogP contribution in [0.4, 0.5) is 5.82 Å². The van der Waals surface area contributed by atoms with Gasteiger partial charge >= 0.3 is 0 Å². The number of nitrogens with zero attached hydrogens (tertiary/aromatic N) is 3. The Balaban J connectivity index is 1.83. The average molecular weight is 418 g/mol. The van der Waals surface area contributed by atoms with Gasteiger partial charge in [-0.05, 0) is 48.4 Å². The maximum atomic E-state index is 6.32. The Hall–Kier alpha value is -3.45. The minimum atomic E-state index is 0.198. The molecule has 1 aromatic carbocycles. The molecule has 0 fully saturated rings. The molecule has 0 unspecified atom stereocenters. The number of aryl methyl sites for hydroxylation is 1. The molecule has 0 spiro atoms. The topological polar surface area (TPSA) is 109 Å². The van der Waals surface area contributed by atoms with E-state index in [2.05, 4.69) is 27.9 Å². The highest BCUT2D eigenvalue weighted by Gasteiger charge is 2.14. The normalized spacial score (nSPS) is 12.3. The summed E-state index contributed by atoms with van der Waals surface area (Å²) >= 11 is 0. The number of methoxy groups -OCH3 is 2. The van der Waals surface area contributed by atoms with Crippen molar-refractivity contribution in [2.45, 2.75) is 32.2 Å². The molecule has 4 rings (SSSR count). The highest BCUT2D eigenvalue weighted by molar-refractivity contribution is 6.10. The second-order valence-electron chi connectivity index (χ2n) is 7.63. The van der Waals surface area contributed by atoms with Gasteiger partial charge in [0, 0.05) is 47.0 Å². The van der Waals surface area contributed by atoms with Crippen LogP contribution in [0.1, 0.15) is 25.3 Å². The zero-order chi connectivity index (χ0) is 22.0. The van der Waals surface area contributed by atoms with Gasteiger partial charge in [-0.2, -0.15) is 0 Å². The molecule has 3 aromatic heterocycles. The van der Waals surface area contributed by atoms with Gasteiger partial charge in [0.25, 0.3) is 0 Å². The van der Waals surface area contributed by atoms with Crippen LogP contribution in [0.3, 0.4) is 0 Å². The fraction of sp³-hybridized carbons (Fsp3) is 0.292. The lowest BCUT2D eigenvalue weighted by molar-refractivity contribution is 0.356. The van der Waals surface area contributed by atoms with E-state index >= 15 is 0 Å². The molecule has 4 N–H and O–H groups in total. The van der Waals surface area contributed by atoms with Gasteiger partial charge in [0.05, 0.1) is 25.4 Å². The Kier molecular flexibility index (Phi) is 5.86. The number of hydrogen-bond acceptors (Lipinski definition) is 7. The zero-order valence-electron chi connectivity index (χ0n) is 18.1. The van der Waals surface area contributed by atoms with Crippen molar-refractivity contribution in [2.24, 2.45) is 5.73 Å². The van der Waals surface area contributed by atoms with Crippen LogP contribution in [0.25, 0.3) is 32.9 Å². The first kappa shape index (κ1) is 20.8. The van der Waals surface area contributed by atoms with Gasteiger partial charge in [0.2, 0.25) is 0 Å². The Morgan fingerprint density at radius 2 is 1.71 bits per heavy atom. The fourth-order valence-electron chi connectivity index (χ4n) is 3.73. The van der Waals surface area contributed by atoms with Gasteiger partial charge in [0.1, 0.15) is 5.82 Å². The SMILES string of the molecule is CC[C@@H](N)CCc1cncc(-c2cc3c(cnc4cc(OC)c(OC)cc43)c(N)n2)c1. The largest absolute Gasteiger partial charge is 0.493 e. The lowest BCUT2D eigenvalue weighted by Crippen LogP contribution is -2.19. The molecule has 31 heavy (non-hydrogen) atoms. The first-order chi connectivity index (χ1) is 15.0. The van der Waals surface area contributed by atoms with E-state index in [1.807, 2.05) is 30.6 Å². The van der Waals surface area contributed by atoms with E-state index in [1.165, 1.54) is 0 Å². The van der Waals surface area contributed by atoms with Crippen LogP contribution < -0.4 is 20.9 Å². The molecular weight excluding hydrogens is 390 g/mol. The Labute approximate surface area is 181 Å². The van der Waals surface area contributed by atoms with E-state index < -0.39 is 0 Å². The predicted molar refractivity (Wildman–Crippen MR) is 124 cm³/mol. The maximum absolute atomic E-state index is 6.32. The Morgan fingerprint density at radius 3 is 2.45 bits per heavy atom. The molecule has 0 bridgehead atoms. The number of rotatable bonds is 7. The summed E-state index contributed by atoms with van der Waals surface area (Å²) in [5, 5.41) is 2.66. The zero-order valence-corrected chi connectivity index (χ0v) is 18.1. The summed E-state index contributed by atoms with van der Waals surface area (Å²) in [6.45, 7) is 2.10. The van der Waals surface area contributed by atoms with Crippen molar-refractivity contribution in [1.82, 2.24) is 15.0 Å². The van der Waals surface area contributed by atoms with E-state index in [1.54, 1.807) is 20.4 Å². The summed E-state index contributed by atoms with van der Waals surface area (Å²) in [5.74, 6) is 1.69. The Morgan fingerprint density at radius 1 is 0.935 bits per heavy atom. The summed E-state index contributed by atoms with van der Waals surface area (Å²) in [6.07, 6.45) is 8.20. The molecule has 0 aliphatic heterocycles. The van der Waals surface area contributed by atoms with Gasteiger partial charge in [-0.3, -0.25) is 9.97 Å². The highest BCUT2D eigenvalue weighted by Crippen LogP contribution is 2.36. The van der Waals surface area contributed by atoms with Crippen molar-refractivity contribution in [3.63, 3.8) is 0 Å². The number of fused-ring (bicyclic) bond motifs is 3. The van der Waals surface area contributed by atoms with Gasteiger partial charge in [-0.25, -0.2) is 4.98 Å². The number of benzene rings is 1. The number of nitrogen functional groups attached to an aromatic ring is 1. The molecule has 160 valence electrons. The van der Waals surface area contributed by atoms with Gasteiger partial charge in [0.15, 0.2) is 11.5 Å². The highest BCUT2D eigenvalue weighted by atomic mass is 16.5. The predicted octanol–water partition coefficient (Wildman–Crippen LogP) is 4.11. The third-order valence-electron chi connectivity index (χ3n) is 5.63. The summed E-state index contributed by atoms with van der Waals surface area (Å²) < 4.78 is 10.9. The van der Waals surface area contributed by atoms with E-state index in [9.17, 15) is 0 Å². The fourth-order valence-corrected chi connectivity index (χ4v) is 3.73. The van der Waals surface area contributed by atoms with Crippen molar-refractivity contribution < 1.29 is 9.47 Å². The molecule has 0 radical (unpaired) electrons. The lowest BCUT2D eigenvalue weighted by Gasteiger charge is -2.13. The molecule has 0 aliphatic carbocycles. The van der Waals surface area contributed by atoms with Crippen molar-refractivity contribution in [1.29, 1.82) is 0 Å². The third-order valence-corrected chi connectivity index (χ3v) is 5.63. The van der Waals surface area contributed by atoms with Crippen molar-refractivity contribution in [3.8, 4) is 22.8 Å². The second-order valence-corrected chi connectivity index (χ2v) is 7.63. The third kappa shape index (κ3) is 4.09. The number of pyridine rings is 3. The molecule has 7 heteroatoms.